The maximum atomic E-state index is 5.72. The summed E-state index contributed by atoms with van der Waals surface area (Å²) in [5, 5.41) is 5.61. The number of thioether (sulfide) groups is 1. The van der Waals surface area contributed by atoms with Crippen molar-refractivity contribution >= 4 is 22.5 Å². The van der Waals surface area contributed by atoms with Gasteiger partial charge < -0.3 is 5.73 Å². The van der Waals surface area contributed by atoms with E-state index < -0.39 is 0 Å². The lowest BCUT2D eigenvalue weighted by molar-refractivity contribution is 0.742. The number of hydrazone groups is 1. The Morgan fingerprint density at radius 2 is 2.43 bits per heavy atom. The number of anilines is 1. The minimum absolute atomic E-state index is 0.230. The molecule has 0 saturated heterocycles. The monoisotopic (exact) mass is 207 g/mol. The summed E-state index contributed by atoms with van der Waals surface area (Å²) in [7, 11) is 0. The molecule has 2 rings (SSSR count). The van der Waals surface area contributed by atoms with E-state index in [2.05, 4.69) is 23.5 Å². The second-order valence-corrected chi connectivity index (χ2v) is 4.33. The highest BCUT2D eigenvalue weighted by Gasteiger charge is 2.19. The van der Waals surface area contributed by atoms with Gasteiger partial charge in [0.2, 0.25) is 0 Å². The van der Waals surface area contributed by atoms with Crippen LogP contribution in [0.3, 0.4) is 0 Å². The van der Waals surface area contributed by atoms with Crippen molar-refractivity contribution in [3.8, 4) is 0 Å². The molecular formula is C10H13N3S. The average Bonchev–Trinajstić information content (AvgIpc) is 2.66. The van der Waals surface area contributed by atoms with Gasteiger partial charge in [0.1, 0.15) is 5.37 Å². The van der Waals surface area contributed by atoms with Gasteiger partial charge >= 0.3 is 0 Å². The van der Waals surface area contributed by atoms with E-state index in [4.69, 9.17) is 5.73 Å². The van der Waals surface area contributed by atoms with Crippen LogP contribution in [0.4, 0.5) is 5.69 Å². The molecule has 0 fully saturated rings. The van der Waals surface area contributed by atoms with E-state index >= 15 is 0 Å². The maximum Gasteiger partial charge on any atom is 0.120 e. The van der Waals surface area contributed by atoms with Crippen LogP contribution >= 0.6 is 11.8 Å². The van der Waals surface area contributed by atoms with Gasteiger partial charge in [-0.1, -0.05) is 30.8 Å². The lowest BCUT2D eigenvalue weighted by Crippen LogP contribution is -2.06. The van der Waals surface area contributed by atoms with Gasteiger partial charge in [-0.05, 0) is 24.1 Å². The Bertz CT molecular complexity index is 362. The van der Waals surface area contributed by atoms with Crippen molar-refractivity contribution in [2.24, 2.45) is 5.10 Å². The Kier molecular flexibility index (Phi) is 2.63. The highest BCUT2D eigenvalue weighted by molar-refractivity contribution is 8.14. The summed E-state index contributed by atoms with van der Waals surface area (Å²) in [4.78, 5) is 0. The summed E-state index contributed by atoms with van der Waals surface area (Å²) >= 11 is 1.76. The SMILES string of the molecule is CCC1=NNC(c2cccc(N)c2)S1. The zero-order chi connectivity index (χ0) is 9.97. The Labute approximate surface area is 87.8 Å². The van der Waals surface area contributed by atoms with Crippen molar-refractivity contribution in [1.29, 1.82) is 0 Å². The second-order valence-electron chi connectivity index (χ2n) is 3.16. The molecule has 74 valence electrons. The van der Waals surface area contributed by atoms with E-state index in [1.54, 1.807) is 11.8 Å². The topological polar surface area (TPSA) is 50.4 Å². The van der Waals surface area contributed by atoms with Crippen molar-refractivity contribution in [2.45, 2.75) is 18.7 Å². The fourth-order valence-electron chi connectivity index (χ4n) is 1.35. The molecule has 1 atom stereocenters. The van der Waals surface area contributed by atoms with E-state index in [1.165, 1.54) is 5.56 Å². The summed E-state index contributed by atoms with van der Waals surface area (Å²) in [6.45, 7) is 2.11. The van der Waals surface area contributed by atoms with Crippen LogP contribution < -0.4 is 11.2 Å². The number of hydrogen-bond donors (Lipinski definition) is 2. The first-order chi connectivity index (χ1) is 6.79. The van der Waals surface area contributed by atoms with Gasteiger partial charge in [0.05, 0.1) is 5.04 Å². The van der Waals surface area contributed by atoms with E-state index in [9.17, 15) is 0 Å². The van der Waals surface area contributed by atoms with Gasteiger partial charge in [-0.15, -0.1) is 0 Å². The van der Waals surface area contributed by atoms with Crippen molar-refractivity contribution in [2.75, 3.05) is 5.73 Å². The van der Waals surface area contributed by atoms with Crippen molar-refractivity contribution in [3.63, 3.8) is 0 Å². The molecule has 1 aliphatic heterocycles. The molecule has 0 aliphatic carbocycles. The molecule has 3 nitrogen and oxygen atoms in total. The van der Waals surface area contributed by atoms with E-state index in [0.717, 1.165) is 17.2 Å². The smallest absolute Gasteiger partial charge is 0.120 e. The first-order valence-electron chi connectivity index (χ1n) is 4.64. The van der Waals surface area contributed by atoms with Crippen LogP contribution in [0.1, 0.15) is 24.3 Å². The number of nitrogens with one attached hydrogen (secondary N) is 1. The van der Waals surface area contributed by atoms with E-state index in [-0.39, 0.29) is 5.37 Å². The Hall–Kier alpha value is -1.16. The molecule has 3 N–H and O–H groups in total. The summed E-state index contributed by atoms with van der Waals surface area (Å²) < 4.78 is 0. The first kappa shape index (κ1) is 9.40. The molecule has 0 amide bonds. The first-order valence-corrected chi connectivity index (χ1v) is 5.51. The predicted molar refractivity (Wildman–Crippen MR) is 62.0 cm³/mol. The molecule has 0 aromatic heterocycles. The molecular weight excluding hydrogens is 194 g/mol. The van der Waals surface area contributed by atoms with Gasteiger partial charge in [-0.25, -0.2) is 0 Å². The third-order valence-electron chi connectivity index (χ3n) is 2.08. The summed E-state index contributed by atoms with van der Waals surface area (Å²) in [5.41, 5.74) is 10.8. The minimum atomic E-state index is 0.230. The number of benzene rings is 1. The standard InChI is InChI=1S/C10H13N3S/c1-2-9-12-13-10(14-9)7-4-3-5-8(11)6-7/h3-6,10,13H,2,11H2,1H3. The molecule has 1 aromatic carbocycles. The summed E-state index contributed by atoms with van der Waals surface area (Å²) in [5.74, 6) is 0. The summed E-state index contributed by atoms with van der Waals surface area (Å²) in [6.07, 6.45) is 0.983. The number of nitrogens with two attached hydrogens (primary N) is 1. The molecule has 0 spiro atoms. The van der Waals surface area contributed by atoms with Crippen molar-refractivity contribution < 1.29 is 0 Å². The quantitative estimate of drug-likeness (QED) is 0.732. The zero-order valence-corrected chi connectivity index (χ0v) is 8.84. The van der Waals surface area contributed by atoms with Crippen LogP contribution in [0.25, 0.3) is 0 Å². The number of nitrogen functional groups attached to an aromatic ring is 1. The highest BCUT2D eigenvalue weighted by Crippen LogP contribution is 2.33. The normalized spacial score (nSPS) is 20.4. The fraction of sp³-hybridized carbons (Fsp3) is 0.300. The Morgan fingerprint density at radius 3 is 3.07 bits per heavy atom. The average molecular weight is 207 g/mol. The number of hydrogen-bond acceptors (Lipinski definition) is 4. The van der Waals surface area contributed by atoms with Crippen LogP contribution in [0.15, 0.2) is 29.4 Å². The molecule has 0 saturated carbocycles. The molecule has 1 heterocycles. The lowest BCUT2D eigenvalue weighted by Gasteiger charge is -2.09. The molecule has 4 heteroatoms. The minimum Gasteiger partial charge on any atom is -0.399 e. The molecule has 1 aromatic rings. The molecule has 0 bridgehead atoms. The van der Waals surface area contributed by atoms with E-state index in [1.807, 2.05) is 18.2 Å². The zero-order valence-electron chi connectivity index (χ0n) is 8.03. The Balaban J connectivity index is 2.12. The third kappa shape index (κ3) is 1.85. The lowest BCUT2D eigenvalue weighted by atomic mass is 10.2. The van der Waals surface area contributed by atoms with Gasteiger partial charge in [0.15, 0.2) is 0 Å². The largest absolute Gasteiger partial charge is 0.399 e. The molecule has 1 unspecified atom stereocenters. The van der Waals surface area contributed by atoms with Crippen LogP contribution in [0.2, 0.25) is 0 Å². The van der Waals surface area contributed by atoms with Gasteiger partial charge in [-0.2, -0.15) is 5.10 Å². The fourth-order valence-corrected chi connectivity index (χ4v) is 2.28. The molecule has 14 heavy (non-hydrogen) atoms. The van der Waals surface area contributed by atoms with Gasteiger partial charge in [0, 0.05) is 5.69 Å². The van der Waals surface area contributed by atoms with Crippen molar-refractivity contribution in [3.05, 3.63) is 29.8 Å². The van der Waals surface area contributed by atoms with Gasteiger partial charge in [0.25, 0.3) is 0 Å². The highest BCUT2D eigenvalue weighted by atomic mass is 32.2. The molecule has 0 radical (unpaired) electrons. The Morgan fingerprint density at radius 1 is 1.57 bits per heavy atom. The number of nitrogens with zero attached hydrogens (tertiary/aromatic N) is 1. The predicted octanol–water partition coefficient (Wildman–Crippen LogP) is 2.33. The second kappa shape index (κ2) is 3.92. The van der Waals surface area contributed by atoms with Crippen molar-refractivity contribution in [1.82, 2.24) is 5.43 Å². The number of rotatable bonds is 2. The van der Waals surface area contributed by atoms with Crippen LogP contribution in [0.5, 0.6) is 0 Å². The maximum absolute atomic E-state index is 5.72. The summed E-state index contributed by atoms with van der Waals surface area (Å²) in [6, 6.07) is 7.91. The van der Waals surface area contributed by atoms with Crippen LogP contribution in [0, 0.1) is 0 Å². The van der Waals surface area contributed by atoms with E-state index in [0.29, 0.717) is 0 Å². The van der Waals surface area contributed by atoms with Crippen LogP contribution in [-0.4, -0.2) is 5.04 Å². The molecule has 1 aliphatic rings. The van der Waals surface area contributed by atoms with Crippen LogP contribution in [-0.2, 0) is 0 Å². The third-order valence-corrected chi connectivity index (χ3v) is 3.34. The van der Waals surface area contributed by atoms with Gasteiger partial charge in [-0.3, -0.25) is 5.43 Å².